The molecule has 0 unspecified atom stereocenters. The Labute approximate surface area is 182 Å². The minimum absolute atomic E-state index is 0.307. The molecular formula is C22H31O8P. The zero-order valence-corrected chi connectivity index (χ0v) is 19.5. The van der Waals surface area contributed by atoms with E-state index in [4.69, 9.17) is 33.2 Å². The van der Waals surface area contributed by atoms with Crippen molar-refractivity contribution in [2.24, 2.45) is 0 Å². The van der Waals surface area contributed by atoms with Crippen LogP contribution in [0.4, 0.5) is 0 Å². The third-order valence-corrected chi connectivity index (χ3v) is 9.73. The highest BCUT2D eigenvalue weighted by atomic mass is 31.2. The lowest BCUT2D eigenvalue weighted by molar-refractivity contribution is -0.312. The lowest BCUT2D eigenvalue weighted by Crippen LogP contribution is -2.56. The second kappa shape index (κ2) is 7.61. The fourth-order valence-electron chi connectivity index (χ4n) is 5.06. The molecule has 172 valence electrons. The van der Waals surface area contributed by atoms with E-state index in [-0.39, 0.29) is 6.10 Å². The molecule has 1 aromatic rings. The van der Waals surface area contributed by atoms with Gasteiger partial charge in [0.2, 0.25) is 0 Å². The largest absolute Gasteiger partial charge is 0.378 e. The Morgan fingerprint density at radius 2 is 1.58 bits per heavy atom. The normalized spacial score (nSPS) is 45.4. The molecule has 0 spiro atoms. The summed E-state index contributed by atoms with van der Waals surface area (Å²) in [7, 11) is -1.27. The molecule has 4 aliphatic rings. The highest BCUT2D eigenvalue weighted by molar-refractivity contribution is 7.72. The molecule has 4 heterocycles. The number of ether oxygens (including phenoxy) is 7. The molecule has 0 aliphatic carbocycles. The molecule has 0 N–H and O–H groups in total. The topological polar surface area (TPSA) is 81.7 Å². The van der Waals surface area contributed by atoms with Gasteiger partial charge in [0, 0.05) is 18.6 Å². The first-order valence-electron chi connectivity index (χ1n) is 10.8. The van der Waals surface area contributed by atoms with E-state index in [0.717, 1.165) is 5.30 Å². The van der Waals surface area contributed by atoms with Gasteiger partial charge in [-0.15, -0.1) is 0 Å². The van der Waals surface area contributed by atoms with Crippen LogP contribution in [0.5, 0.6) is 0 Å². The zero-order valence-electron chi connectivity index (χ0n) is 18.6. The summed E-state index contributed by atoms with van der Waals surface area (Å²) < 4.78 is 56.8. The molecule has 9 heteroatoms. The van der Waals surface area contributed by atoms with Crippen LogP contribution in [0.1, 0.15) is 34.1 Å². The van der Waals surface area contributed by atoms with E-state index >= 15 is 0 Å². The third kappa shape index (κ3) is 3.81. The van der Waals surface area contributed by atoms with Gasteiger partial charge in [0.1, 0.15) is 31.3 Å². The molecule has 5 rings (SSSR count). The first-order chi connectivity index (χ1) is 14.6. The van der Waals surface area contributed by atoms with E-state index in [2.05, 4.69) is 0 Å². The average molecular weight is 454 g/mol. The molecule has 4 aliphatic heterocycles. The Morgan fingerprint density at radius 1 is 0.935 bits per heavy atom. The number of rotatable bonds is 4. The predicted molar refractivity (Wildman–Crippen MR) is 111 cm³/mol. The van der Waals surface area contributed by atoms with Crippen LogP contribution in [-0.2, 0) is 37.7 Å². The van der Waals surface area contributed by atoms with Crippen LogP contribution >= 0.6 is 7.14 Å². The quantitative estimate of drug-likeness (QED) is 0.643. The van der Waals surface area contributed by atoms with Crippen molar-refractivity contribution in [3.05, 3.63) is 30.3 Å². The summed E-state index contributed by atoms with van der Waals surface area (Å²) in [6, 6.07) is 9.49. The summed E-state index contributed by atoms with van der Waals surface area (Å²) in [6.45, 7) is 7.37. The number of methoxy groups -OCH3 is 1. The molecule has 4 saturated heterocycles. The van der Waals surface area contributed by atoms with Gasteiger partial charge in [-0.2, -0.15) is 0 Å². The molecule has 4 fully saturated rings. The average Bonchev–Trinajstić information content (AvgIpc) is 3.33. The standard InChI is InChI=1S/C22H31O8P/c1-21(2)27-15-16(28-21)18(25-19-17(15)29-22(3,4)30-19)26-20-14(24-5)11-12-31(20,23)13-9-7-6-8-10-13/h6-10,14-20H,11-12H2,1-5H3/t14-,15+,16-,17-,18-,19-,20-,31-/m1/s1. The van der Waals surface area contributed by atoms with Gasteiger partial charge >= 0.3 is 0 Å². The van der Waals surface area contributed by atoms with E-state index in [1.807, 2.05) is 58.0 Å². The summed E-state index contributed by atoms with van der Waals surface area (Å²) in [5, 5.41) is 0.787. The predicted octanol–water partition coefficient (Wildman–Crippen LogP) is 2.79. The van der Waals surface area contributed by atoms with E-state index in [9.17, 15) is 4.57 Å². The summed E-state index contributed by atoms with van der Waals surface area (Å²) in [5.41, 5.74) is 0. The van der Waals surface area contributed by atoms with Crippen molar-refractivity contribution < 1.29 is 37.7 Å². The summed E-state index contributed by atoms with van der Waals surface area (Å²) >= 11 is 0. The van der Waals surface area contributed by atoms with Crippen LogP contribution in [-0.4, -0.2) is 67.7 Å². The SMILES string of the molecule is CO[C@@H]1CC[P@@](=O)(c2ccccc2)[C@H]1O[C@H]1O[C@@H]2OC(C)(C)O[C@@H]2[C@H]2OC(C)(C)O[C@@H]12. The Kier molecular flexibility index (Phi) is 5.39. The smallest absolute Gasteiger partial charge is 0.192 e. The van der Waals surface area contributed by atoms with Gasteiger partial charge in [-0.1, -0.05) is 30.3 Å². The molecule has 0 aromatic heterocycles. The number of hydrogen-bond donors (Lipinski definition) is 0. The van der Waals surface area contributed by atoms with E-state index < -0.39 is 55.5 Å². The minimum Gasteiger partial charge on any atom is -0.378 e. The van der Waals surface area contributed by atoms with Gasteiger partial charge in [-0.25, -0.2) is 0 Å². The fraction of sp³-hybridized carbons (Fsp3) is 0.727. The number of benzene rings is 1. The van der Waals surface area contributed by atoms with Gasteiger partial charge in [0.05, 0.1) is 6.10 Å². The van der Waals surface area contributed by atoms with Gasteiger partial charge in [-0.3, -0.25) is 0 Å². The molecule has 8 nitrogen and oxygen atoms in total. The number of fused-ring (bicyclic) bond motifs is 3. The first kappa shape index (κ1) is 22.0. The van der Waals surface area contributed by atoms with E-state index in [0.29, 0.717) is 12.6 Å². The van der Waals surface area contributed by atoms with E-state index in [1.54, 1.807) is 7.11 Å². The van der Waals surface area contributed by atoms with Crippen molar-refractivity contribution in [1.82, 2.24) is 0 Å². The molecule has 8 atom stereocenters. The second-order valence-electron chi connectivity index (χ2n) is 9.48. The Balaban J connectivity index is 1.45. The van der Waals surface area contributed by atoms with Crippen LogP contribution in [0.25, 0.3) is 0 Å². The maximum absolute atomic E-state index is 14.2. The van der Waals surface area contributed by atoms with Crippen molar-refractivity contribution >= 4 is 12.4 Å². The van der Waals surface area contributed by atoms with Crippen molar-refractivity contribution in [3.8, 4) is 0 Å². The first-order valence-corrected chi connectivity index (χ1v) is 12.8. The molecule has 0 amide bonds. The lowest BCUT2D eigenvalue weighted by atomic mass is 10.0. The molecule has 31 heavy (non-hydrogen) atoms. The lowest BCUT2D eigenvalue weighted by Gasteiger charge is -2.39. The maximum Gasteiger partial charge on any atom is 0.192 e. The summed E-state index contributed by atoms with van der Waals surface area (Å²) in [5.74, 6) is -2.29. The molecule has 0 bridgehead atoms. The second-order valence-corrected chi connectivity index (χ2v) is 12.5. The molecule has 1 aromatic carbocycles. The molecular weight excluding hydrogens is 423 g/mol. The summed E-state index contributed by atoms with van der Waals surface area (Å²) in [4.78, 5) is 0. The monoisotopic (exact) mass is 454 g/mol. The van der Waals surface area contributed by atoms with Crippen LogP contribution in [0.3, 0.4) is 0 Å². The highest BCUT2D eigenvalue weighted by Gasteiger charge is 2.62. The molecule has 0 saturated carbocycles. The van der Waals surface area contributed by atoms with Crippen molar-refractivity contribution in [2.45, 2.75) is 88.5 Å². The Bertz CT molecular complexity index is 858. The van der Waals surface area contributed by atoms with Gasteiger partial charge in [0.25, 0.3) is 0 Å². The number of hydrogen-bond acceptors (Lipinski definition) is 8. The molecule has 0 radical (unpaired) electrons. The minimum atomic E-state index is -2.89. The Morgan fingerprint density at radius 3 is 2.29 bits per heavy atom. The van der Waals surface area contributed by atoms with Gasteiger partial charge in [-0.05, 0) is 34.1 Å². The summed E-state index contributed by atoms with van der Waals surface area (Å²) in [6.07, 6.45) is -2.06. The van der Waals surface area contributed by atoms with Crippen LogP contribution in [0, 0.1) is 0 Å². The van der Waals surface area contributed by atoms with Crippen molar-refractivity contribution in [3.63, 3.8) is 0 Å². The maximum atomic E-state index is 14.2. The van der Waals surface area contributed by atoms with Crippen LogP contribution < -0.4 is 5.30 Å². The zero-order chi connectivity index (χ0) is 22.0. The van der Waals surface area contributed by atoms with Crippen molar-refractivity contribution in [1.29, 1.82) is 0 Å². The van der Waals surface area contributed by atoms with Crippen LogP contribution in [0.2, 0.25) is 0 Å². The van der Waals surface area contributed by atoms with E-state index in [1.165, 1.54) is 0 Å². The Hall–Kier alpha value is -0.830. The van der Waals surface area contributed by atoms with Gasteiger partial charge < -0.3 is 37.7 Å². The van der Waals surface area contributed by atoms with Crippen LogP contribution in [0.15, 0.2) is 30.3 Å². The fourth-order valence-corrected chi connectivity index (χ4v) is 8.30. The third-order valence-electron chi connectivity index (χ3n) is 6.36. The van der Waals surface area contributed by atoms with Crippen molar-refractivity contribution in [2.75, 3.05) is 13.3 Å². The highest BCUT2D eigenvalue weighted by Crippen LogP contribution is 2.59. The van der Waals surface area contributed by atoms with Gasteiger partial charge in [0.15, 0.2) is 24.2 Å².